The Hall–Kier alpha value is -1.81. The lowest BCUT2D eigenvalue weighted by atomic mass is 10.1. The number of carbonyl (C=O) groups excluding carboxylic acids is 1. The Labute approximate surface area is 89.8 Å². The van der Waals surface area contributed by atoms with E-state index in [9.17, 15) is 4.79 Å². The molecule has 0 aromatic heterocycles. The molecule has 0 atom stereocenters. The van der Waals surface area contributed by atoms with E-state index in [1.165, 1.54) is 0 Å². The van der Waals surface area contributed by atoms with E-state index < -0.39 is 5.97 Å². The average Bonchev–Trinajstić information content (AvgIpc) is 2.19. The van der Waals surface area contributed by atoms with Crippen LogP contribution in [0.1, 0.15) is 33.1 Å². The third-order valence-corrected chi connectivity index (χ3v) is 1.86. The van der Waals surface area contributed by atoms with Crippen molar-refractivity contribution in [3.8, 4) is 12.1 Å². The zero-order valence-electron chi connectivity index (χ0n) is 9.04. The highest BCUT2D eigenvalue weighted by molar-refractivity contribution is 5.93. The van der Waals surface area contributed by atoms with E-state index in [2.05, 4.69) is 0 Å². The molecule has 80 valence electrons. The second kappa shape index (κ2) is 7.58. The van der Waals surface area contributed by atoms with Crippen LogP contribution in [0.3, 0.4) is 0 Å². The lowest BCUT2D eigenvalue weighted by Gasteiger charge is -2.03. The summed E-state index contributed by atoms with van der Waals surface area (Å²) in [4.78, 5) is 11.3. The fourth-order valence-electron chi connectivity index (χ4n) is 1.08. The molecule has 0 unspecified atom stereocenters. The Bertz CT molecular complexity index is 331. The van der Waals surface area contributed by atoms with Crippen molar-refractivity contribution in [1.29, 1.82) is 10.5 Å². The molecule has 0 heterocycles. The summed E-state index contributed by atoms with van der Waals surface area (Å²) < 4.78 is 4.74. The van der Waals surface area contributed by atoms with Gasteiger partial charge in [-0.25, -0.2) is 4.79 Å². The van der Waals surface area contributed by atoms with Crippen LogP contribution in [0.15, 0.2) is 11.1 Å². The van der Waals surface area contributed by atoms with Gasteiger partial charge >= 0.3 is 5.97 Å². The van der Waals surface area contributed by atoms with Crippen molar-refractivity contribution in [1.82, 2.24) is 0 Å². The van der Waals surface area contributed by atoms with Gasteiger partial charge in [-0.05, 0) is 32.3 Å². The number of rotatable bonds is 5. The third-order valence-electron chi connectivity index (χ3n) is 1.86. The fraction of sp³-hybridized carbons (Fsp3) is 0.545. The number of ether oxygens (including phenoxy) is 1. The lowest BCUT2D eigenvalue weighted by molar-refractivity contribution is -0.138. The number of carbonyl (C=O) groups is 1. The first-order valence-corrected chi connectivity index (χ1v) is 4.81. The van der Waals surface area contributed by atoms with E-state index in [-0.39, 0.29) is 12.2 Å². The van der Waals surface area contributed by atoms with Crippen LogP contribution in [0.5, 0.6) is 0 Å². The zero-order valence-corrected chi connectivity index (χ0v) is 9.04. The van der Waals surface area contributed by atoms with Crippen LogP contribution >= 0.6 is 0 Å². The van der Waals surface area contributed by atoms with Gasteiger partial charge in [0.1, 0.15) is 11.6 Å². The van der Waals surface area contributed by atoms with Crippen LogP contribution in [-0.4, -0.2) is 12.6 Å². The van der Waals surface area contributed by atoms with Gasteiger partial charge in [0, 0.05) is 6.42 Å². The molecule has 0 rings (SSSR count). The highest BCUT2D eigenvalue weighted by Crippen LogP contribution is 2.12. The number of hydrogen-bond acceptors (Lipinski definition) is 4. The minimum absolute atomic E-state index is 0.0646. The Morgan fingerprint density at radius 2 is 2.07 bits per heavy atom. The molecule has 0 spiro atoms. The van der Waals surface area contributed by atoms with E-state index in [4.69, 9.17) is 15.3 Å². The predicted octanol–water partition coefficient (Wildman–Crippen LogP) is 2.08. The van der Waals surface area contributed by atoms with Gasteiger partial charge in [0.25, 0.3) is 0 Å². The molecule has 0 saturated heterocycles. The molecule has 0 aromatic carbocycles. The molecular formula is C11H14N2O2. The first-order chi connectivity index (χ1) is 7.17. The van der Waals surface area contributed by atoms with Crippen molar-refractivity contribution < 1.29 is 9.53 Å². The summed E-state index contributed by atoms with van der Waals surface area (Å²) in [6, 6.07) is 3.85. The van der Waals surface area contributed by atoms with Crippen LogP contribution < -0.4 is 0 Å². The maximum Gasteiger partial charge on any atom is 0.348 e. The molecule has 0 aliphatic rings. The van der Waals surface area contributed by atoms with Gasteiger partial charge in [0.15, 0.2) is 0 Å². The molecule has 15 heavy (non-hydrogen) atoms. The highest BCUT2D eigenvalue weighted by atomic mass is 16.5. The van der Waals surface area contributed by atoms with E-state index in [1.807, 2.05) is 12.1 Å². The van der Waals surface area contributed by atoms with Gasteiger partial charge in [0.05, 0.1) is 12.7 Å². The third kappa shape index (κ3) is 4.83. The minimum Gasteiger partial charge on any atom is -0.462 e. The van der Waals surface area contributed by atoms with E-state index >= 15 is 0 Å². The number of unbranched alkanes of at least 4 members (excludes halogenated alkanes) is 1. The van der Waals surface area contributed by atoms with Gasteiger partial charge in [-0.3, -0.25) is 0 Å². The molecule has 0 aliphatic carbocycles. The fourth-order valence-corrected chi connectivity index (χ4v) is 1.08. The maximum absolute atomic E-state index is 11.3. The Kier molecular flexibility index (Phi) is 6.67. The molecule has 0 aliphatic heterocycles. The first kappa shape index (κ1) is 13.2. The maximum atomic E-state index is 11.3. The molecule has 0 amide bonds. The van der Waals surface area contributed by atoms with E-state index in [1.54, 1.807) is 13.8 Å². The second-order valence-corrected chi connectivity index (χ2v) is 3.00. The molecule has 4 nitrogen and oxygen atoms in total. The van der Waals surface area contributed by atoms with Gasteiger partial charge in [0.2, 0.25) is 0 Å². The second-order valence-electron chi connectivity index (χ2n) is 3.00. The highest BCUT2D eigenvalue weighted by Gasteiger charge is 2.12. The average molecular weight is 206 g/mol. The van der Waals surface area contributed by atoms with Gasteiger partial charge in [-0.1, -0.05) is 0 Å². The smallest absolute Gasteiger partial charge is 0.348 e. The van der Waals surface area contributed by atoms with Crippen molar-refractivity contribution in [2.24, 2.45) is 0 Å². The molecule has 0 N–H and O–H groups in total. The SMILES string of the molecule is CCOC(=O)C(C#N)=C(C)CCCC#N. The van der Waals surface area contributed by atoms with Crippen LogP contribution in [-0.2, 0) is 9.53 Å². The van der Waals surface area contributed by atoms with Gasteiger partial charge in [-0.2, -0.15) is 10.5 Å². The largest absolute Gasteiger partial charge is 0.462 e. The molecule has 0 fully saturated rings. The van der Waals surface area contributed by atoms with Gasteiger partial charge in [-0.15, -0.1) is 0 Å². The summed E-state index contributed by atoms with van der Waals surface area (Å²) >= 11 is 0. The lowest BCUT2D eigenvalue weighted by Crippen LogP contribution is -2.08. The van der Waals surface area contributed by atoms with Crippen molar-refractivity contribution in [2.75, 3.05) is 6.61 Å². The van der Waals surface area contributed by atoms with Crippen molar-refractivity contribution >= 4 is 5.97 Å². The summed E-state index contributed by atoms with van der Waals surface area (Å²) in [5.41, 5.74) is 0.751. The predicted molar refractivity (Wildman–Crippen MR) is 54.4 cm³/mol. The summed E-state index contributed by atoms with van der Waals surface area (Å²) in [6.07, 6.45) is 1.67. The van der Waals surface area contributed by atoms with E-state index in [0.29, 0.717) is 24.8 Å². The quantitative estimate of drug-likeness (QED) is 0.299. The standard InChI is InChI=1S/C11H14N2O2/c1-3-15-11(14)10(8-13)9(2)6-4-5-7-12/h3-6H2,1-2H3. The Morgan fingerprint density at radius 1 is 1.40 bits per heavy atom. The molecular weight excluding hydrogens is 192 g/mol. The monoisotopic (exact) mass is 206 g/mol. The Balaban J connectivity index is 4.48. The van der Waals surface area contributed by atoms with Crippen LogP contribution in [0, 0.1) is 22.7 Å². The normalized spacial score (nSPS) is 10.9. The number of esters is 1. The van der Waals surface area contributed by atoms with Crippen molar-refractivity contribution in [3.63, 3.8) is 0 Å². The molecule has 4 heteroatoms. The zero-order chi connectivity index (χ0) is 11.7. The van der Waals surface area contributed by atoms with Crippen LogP contribution in [0.4, 0.5) is 0 Å². The Morgan fingerprint density at radius 3 is 2.53 bits per heavy atom. The number of nitriles is 2. The molecule has 0 saturated carbocycles. The first-order valence-electron chi connectivity index (χ1n) is 4.81. The number of allylic oxidation sites excluding steroid dienone is 1. The molecule has 0 bridgehead atoms. The van der Waals surface area contributed by atoms with Crippen LogP contribution in [0.25, 0.3) is 0 Å². The molecule has 0 aromatic rings. The topological polar surface area (TPSA) is 73.9 Å². The van der Waals surface area contributed by atoms with Crippen molar-refractivity contribution in [3.05, 3.63) is 11.1 Å². The summed E-state index contributed by atoms with van der Waals surface area (Å²) in [6.45, 7) is 3.67. The minimum atomic E-state index is -0.575. The molecule has 0 radical (unpaired) electrons. The summed E-state index contributed by atoms with van der Waals surface area (Å²) in [7, 11) is 0. The summed E-state index contributed by atoms with van der Waals surface area (Å²) in [5.74, 6) is -0.575. The van der Waals surface area contributed by atoms with Crippen LogP contribution in [0.2, 0.25) is 0 Å². The number of nitrogens with zero attached hydrogens (tertiary/aromatic N) is 2. The summed E-state index contributed by atoms with van der Waals surface area (Å²) in [5, 5.41) is 17.1. The number of hydrogen-bond donors (Lipinski definition) is 0. The van der Waals surface area contributed by atoms with Crippen molar-refractivity contribution in [2.45, 2.75) is 33.1 Å². The van der Waals surface area contributed by atoms with E-state index in [0.717, 1.165) is 0 Å². The van der Waals surface area contributed by atoms with Gasteiger partial charge < -0.3 is 4.74 Å².